The van der Waals surface area contributed by atoms with Gasteiger partial charge in [0.1, 0.15) is 0 Å². The molecular weight excluding hydrogens is 176 g/mol. The fourth-order valence-electron chi connectivity index (χ4n) is 2.56. The number of rotatable bonds is 1. The van der Waals surface area contributed by atoms with Crippen molar-refractivity contribution >= 4 is 5.91 Å². The Morgan fingerprint density at radius 2 is 1.93 bits per heavy atom. The van der Waals surface area contributed by atoms with Gasteiger partial charge in [-0.15, -0.1) is 0 Å². The van der Waals surface area contributed by atoms with Crippen molar-refractivity contribution in [2.45, 2.75) is 45.4 Å². The second kappa shape index (κ2) is 3.89. The van der Waals surface area contributed by atoms with Crippen LogP contribution in [0.3, 0.4) is 0 Å². The van der Waals surface area contributed by atoms with Crippen LogP contribution in [0.1, 0.15) is 45.4 Å². The van der Waals surface area contributed by atoms with E-state index < -0.39 is 0 Å². The van der Waals surface area contributed by atoms with Crippen molar-refractivity contribution in [3.8, 4) is 0 Å². The first kappa shape index (κ1) is 9.97. The van der Waals surface area contributed by atoms with Gasteiger partial charge in [0.25, 0.3) is 0 Å². The van der Waals surface area contributed by atoms with E-state index in [1.165, 1.54) is 19.3 Å². The quantitative estimate of drug-likeness (QED) is 0.692. The summed E-state index contributed by atoms with van der Waals surface area (Å²) in [6.45, 7) is 3.98. The van der Waals surface area contributed by atoms with Gasteiger partial charge in [-0.05, 0) is 25.7 Å². The Hall–Kier alpha value is -0.570. The van der Waals surface area contributed by atoms with Gasteiger partial charge in [0.2, 0.25) is 5.91 Å². The van der Waals surface area contributed by atoms with Crippen molar-refractivity contribution in [2.24, 2.45) is 5.41 Å². The number of nitrogens with one attached hydrogen (secondary N) is 1. The van der Waals surface area contributed by atoms with Gasteiger partial charge in [-0.1, -0.05) is 19.8 Å². The van der Waals surface area contributed by atoms with Crippen LogP contribution < -0.4 is 5.43 Å². The van der Waals surface area contributed by atoms with Crippen LogP contribution in [0.5, 0.6) is 0 Å². The van der Waals surface area contributed by atoms with E-state index in [-0.39, 0.29) is 5.41 Å². The molecule has 1 N–H and O–H groups in total. The highest BCUT2D eigenvalue weighted by Gasteiger charge is 2.39. The summed E-state index contributed by atoms with van der Waals surface area (Å²) in [5.41, 5.74) is 3.14. The average Bonchev–Trinajstić information content (AvgIpc) is 2.67. The Bertz CT molecular complexity index is 215. The molecule has 0 unspecified atom stereocenters. The van der Waals surface area contributed by atoms with E-state index in [4.69, 9.17) is 0 Å². The van der Waals surface area contributed by atoms with Gasteiger partial charge in [-0.3, -0.25) is 9.80 Å². The SMILES string of the molecule is CC1(C(=O)N2CCCCN2)CCCC1. The number of carbonyl (C=O) groups is 1. The van der Waals surface area contributed by atoms with Crippen molar-refractivity contribution in [1.29, 1.82) is 0 Å². The third kappa shape index (κ3) is 1.78. The molecule has 0 bridgehead atoms. The van der Waals surface area contributed by atoms with Gasteiger partial charge < -0.3 is 0 Å². The summed E-state index contributed by atoms with van der Waals surface area (Å²) in [6, 6.07) is 0. The molecule has 0 aromatic rings. The van der Waals surface area contributed by atoms with E-state index in [1.807, 2.05) is 5.01 Å². The molecular formula is C11H20N2O. The van der Waals surface area contributed by atoms with E-state index >= 15 is 0 Å². The Morgan fingerprint density at radius 3 is 2.50 bits per heavy atom. The van der Waals surface area contributed by atoms with Gasteiger partial charge in [0.05, 0.1) is 0 Å². The first-order valence-corrected chi connectivity index (χ1v) is 5.78. The number of hydrogen-bond acceptors (Lipinski definition) is 2. The molecule has 0 spiro atoms. The van der Waals surface area contributed by atoms with Crippen LogP contribution in [0, 0.1) is 5.41 Å². The fraction of sp³-hybridized carbons (Fsp3) is 0.909. The Morgan fingerprint density at radius 1 is 1.21 bits per heavy atom. The van der Waals surface area contributed by atoms with Crippen LogP contribution in [0.25, 0.3) is 0 Å². The van der Waals surface area contributed by atoms with Crippen LogP contribution in [-0.4, -0.2) is 24.0 Å². The maximum absolute atomic E-state index is 12.2. The molecule has 1 amide bonds. The lowest BCUT2D eigenvalue weighted by Gasteiger charge is -2.34. The number of hydrogen-bond donors (Lipinski definition) is 1. The first-order chi connectivity index (χ1) is 6.72. The zero-order valence-electron chi connectivity index (χ0n) is 9.01. The summed E-state index contributed by atoms with van der Waals surface area (Å²) in [4.78, 5) is 12.2. The maximum atomic E-state index is 12.2. The summed E-state index contributed by atoms with van der Waals surface area (Å²) in [5.74, 6) is 0.328. The zero-order valence-corrected chi connectivity index (χ0v) is 9.01. The average molecular weight is 196 g/mol. The van der Waals surface area contributed by atoms with Crippen molar-refractivity contribution in [3.63, 3.8) is 0 Å². The number of amides is 1. The Labute approximate surface area is 85.8 Å². The van der Waals surface area contributed by atoms with Crippen LogP contribution in [0.2, 0.25) is 0 Å². The summed E-state index contributed by atoms with van der Waals surface area (Å²) in [6.07, 6.45) is 6.93. The van der Waals surface area contributed by atoms with Crippen molar-refractivity contribution in [1.82, 2.24) is 10.4 Å². The molecule has 3 heteroatoms. The number of carbonyl (C=O) groups excluding carboxylic acids is 1. The number of nitrogens with zero attached hydrogens (tertiary/aromatic N) is 1. The summed E-state index contributed by atoms with van der Waals surface area (Å²) in [5, 5.41) is 1.86. The molecule has 0 aromatic heterocycles. The lowest BCUT2D eigenvalue weighted by molar-refractivity contribution is -0.145. The van der Waals surface area contributed by atoms with Gasteiger partial charge in [0, 0.05) is 18.5 Å². The highest BCUT2D eigenvalue weighted by atomic mass is 16.2. The lowest BCUT2D eigenvalue weighted by atomic mass is 9.87. The Balaban J connectivity index is 1.98. The molecule has 0 atom stereocenters. The number of hydrazine groups is 1. The highest BCUT2D eigenvalue weighted by Crippen LogP contribution is 2.39. The summed E-state index contributed by atoms with van der Waals surface area (Å²) in [7, 11) is 0. The molecule has 14 heavy (non-hydrogen) atoms. The molecule has 1 heterocycles. The summed E-state index contributed by atoms with van der Waals surface area (Å²) < 4.78 is 0. The fourth-order valence-corrected chi connectivity index (χ4v) is 2.56. The third-order valence-electron chi connectivity index (χ3n) is 3.58. The van der Waals surface area contributed by atoms with Gasteiger partial charge in [0.15, 0.2) is 0 Å². The molecule has 0 radical (unpaired) electrons. The molecule has 80 valence electrons. The van der Waals surface area contributed by atoms with Gasteiger partial charge in [-0.25, -0.2) is 5.43 Å². The minimum atomic E-state index is -0.0651. The third-order valence-corrected chi connectivity index (χ3v) is 3.58. The van der Waals surface area contributed by atoms with Crippen LogP contribution in [-0.2, 0) is 4.79 Å². The first-order valence-electron chi connectivity index (χ1n) is 5.78. The predicted octanol–water partition coefficient (Wildman–Crippen LogP) is 1.69. The van der Waals surface area contributed by atoms with E-state index in [2.05, 4.69) is 12.3 Å². The standard InChI is InChI=1S/C11H20N2O/c1-11(6-2-3-7-11)10(14)13-9-5-4-8-12-13/h12H,2-9H2,1H3. The van der Waals surface area contributed by atoms with Gasteiger partial charge >= 0.3 is 0 Å². The van der Waals surface area contributed by atoms with E-state index in [0.717, 1.165) is 32.4 Å². The Kier molecular flexibility index (Phi) is 2.77. The van der Waals surface area contributed by atoms with Crippen molar-refractivity contribution in [3.05, 3.63) is 0 Å². The van der Waals surface area contributed by atoms with Crippen LogP contribution in [0.4, 0.5) is 0 Å². The summed E-state index contributed by atoms with van der Waals surface area (Å²) >= 11 is 0. The molecule has 1 saturated carbocycles. The van der Waals surface area contributed by atoms with E-state index in [9.17, 15) is 4.79 Å². The van der Waals surface area contributed by atoms with E-state index in [1.54, 1.807) is 0 Å². The zero-order chi connectivity index (χ0) is 10.0. The van der Waals surface area contributed by atoms with Crippen molar-refractivity contribution in [2.75, 3.05) is 13.1 Å². The van der Waals surface area contributed by atoms with Crippen LogP contribution >= 0.6 is 0 Å². The van der Waals surface area contributed by atoms with E-state index in [0.29, 0.717) is 5.91 Å². The van der Waals surface area contributed by atoms with Crippen LogP contribution in [0.15, 0.2) is 0 Å². The monoisotopic (exact) mass is 196 g/mol. The molecule has 0 aromatic carbocycles. The maximum Gasteiger partial charge on any atom is 0.242 e. The largest absolute Gasteiger partial charge is 0.278 e. The minimum absolute atomic E-state index is 0.0651. The molecule has 1 aliphatic heterocycles. The predicted molar refractivity (Wildman–Crippen MR) is 55.5 cm³/mol. The smallest absolute Gasteiger partial charge is 0.242 e. The minimum Gasteiger partial charge on any atom is -0.278 e. The van der Waals surface area contributed by atoms with Crippen molar-refractivity contribution < 1.29 is 4.79 Å². The topological polar surface area (TPSA) is 32.3 Å². The molecule has 2 rings (SSSR count). The lowest BCUT2D eigenvalue weighted by Crippen LogP contribution is -2.51. The molecule has 3 nitrogen and oxygen atoms in total. The second-order valence-electron chi connectivity index (χ2n) is 4.84. The molecule has 1 aliphatic carbocycles. The second-order valence-corrected chi connectivity index (χ2v) is 4.84. The normalized spacial score (nSPS) is 26.5. The molecule has 2 fully saturated rings. The molecule has 2 aliphatic rings. The highest BCUT2D eigenvalue weighted by molar-refractivity contribution is 5.82. The van der Waals surface area contributed by atoms with Gasteiger partial charge in [-0.2, -0.15) is 0 Å². The molecule has 1 saturated heterocycles.